The number of aryl methyl sites for hydroxylation is 3. The first-order valence-electron chi connectivity index (χ1n) is 5.62. The lowest BCUT2D eigenvalue weighted by molar-refractivity contribution is 0.580. The van der Waals surface area contributed by atoms with Gasteiger partial charge in [0.25, 0.3) is 5.56 Å². The Morgan fingerprint density at radius 3 is 2.65 bits per heavy atom. The van der Waals surface area contributed by atoms with Crippen LogP contribution in [0.1, 0.15) is 5.82 Å². The second kappa shape index (κ2) is 5.06. The minimum atomic E-state index is -4.18. The van der Waals surface area contributed by atoms with Crippen LogP contribution in [0.15, 0.2) is 33.1 Å². The smallest absolute Gasteiger partial charge is 0.328 e. The molecule has 108 valence electrons. The maximum absolute atomic E-state index is 11.6. The molecule has 0 aromatic carbocycles. The second-order valence-electron chi connectivity index (χ2n) is 4.20. The van der Waals surface area contributed by atoms with Crippen molar-refractivity contribution < 1.29 is 8.42 Å². The predicted octanol–water partition coefficient (Wildman–Crippen LogP) is -1.84. The van der Waals surface area contributed by atoms with E-state index in [2.05, 4.69) is 4.98 Å². The van der Waals surface area contributed by atoms with Crippen molar-refractivity contribution in [2.75, 3.05) is 0 Å². The summed E-state index contributed by atoms with van der Waals surface area (Å²) in [5.41, 5.74) is -1.72. The van der Waals surface area contributed by atoms with Crippen molar-refractivity contribution in [2.24, 2.45) is 12.2 Å². The third kappa shape index (κ3) is 2.86. The van der Waals surface area contributed by atoms with Gasteiger partial charge in [0.05, 0.1) is 0 Å². The number of hydrogen-bond donors (Lipinski definition) is 2. The van der Waals surface area contributed by atoms with E-state index in [0.29, 0.717) is 6.42 Å². The zero-order valence-electron chi connectivity index (χ0n) is 10.6. The number of hydrogen-bond acceptors (Lipinski definition) is 5. The van der Waals surface area contributed by atoms with E-state index in [1.165, 1.54) is 0 Å². The van der Waals surface area contributed by atoms with Gasteiger partial charge in [0, 0.05) is 38.6 Å². The number of H-pyrrole nitrogens is 1. The lowest BCUT2D eigenvalue weighted by Gasteiger charge is -2.06. The summed E-state index contributed by atoms with van der Waals surface area (Å²) in [6.45, 7) is 0.170. The maximum Gasteiger partial charge on any atom is 0.328 e. The molecule has 0 aliphatic heterocycles. The summed E-state index contributed by atoms with van der Waals surface area (Å²) in [6.07, 6.45) is 4.71. The number of primary sulfonamides is 1. The molecule has 2 aromatic heterocycles. The van der Waals surface area contributed by atoms with Gasteiger partial charge < -0.3 is 4.57 Å². The molecule has 0 atom stereocenters. The van der Waals surface area contributed by atoms with Crippen LogP contribution in [0.2, 0.25) is 0 Å². The molecule has 3 N–H and O–H groups in total. The number of imidazole rings is 1. The molecule has 2 rings (SSSR count). The summed E-state index contributed by atoms with van der Waals surface area (Å²) in [6, 6.07) is 0. The topological polar surface area (TPSA) is 133 Å². The maximum atomic E-state index is 11.6. The number of aromatic nitrogens is 4. The second-order valence-corrected chi connectivity index (χ2v) is 5.73. The van der Waals surface area contributed by atoms with Crippen molar-refractivity contribution in [3.8, 4) is 0 Å². The molecule has 0 spiro atoms. The SMILES string of the molecule is Cn1ccnc1CCn1cc(S(N)(=O)=O)c(=O)[nH]c1=O. The van der Waals surface area contributed by atoms with Crippen LogP contribution >= 0.6 is 0 Å². The molecule has 0 unspecified atom stereocenters. The fraction of sp³-hybridized carbons (Fsp3) is 0.300. The zero-order valence-corrected chi connectivity index (χ0v) is 11.4. The normalized spacial score (nSPS) is 11.7. The van der Waals surface area contributed by atoms with Gasteiger partial charge in [-0.3, -0.25) is 14.3 Å². The molecule has 2 aromatic rings. The Bertz CT molecular complexity index is 845. The van der Waals surface area contributed by atoms with Gasteiger partial charge in [0.2, 0.25) is 10.0 Å². The summed E-state index contributed by atoms with van der Waals surface area (Å²) >= 11 is 0. The highest BCUT2D eigenvalue weighted by atomic mass is 32.2. The number of aromatic amines is 1. The monoisotopic (exact) mass is 299 g/mol. The predicted molar refractivity (Wildman–Crippen MR) is 69.6 cm³/mol. The number of nitrogens with one attached hydrogen (secondary N) is 1. The quantitative estimate of drug-likeness (QED) is 0.684. The summed E-state index contributed by atoms with van der Waals surface area (Å²) in [5.74, 6) is 0.722. The highest BCUT2D eigenvalue weighted by Crippen LogP contribution is 1.99. The van der Waals surface area contributed by atoms with Crippen molar-refractivity contribution in [2.45, 2.75) is 17.9 Å². The van der Waals surface area contributed by atoms with E-state index >= 15 is 0 Å². The average molecular weight is 299 g/mol. The van der Waals surface area contributed by atoms with Crippen LogP contribution in [0.5, 0.6) is 0 Å². The van der Waals surface area contributed by atoms with Gasteiger partial charge in [-0.1, -0.05) is 0 Å². The number of nitrogens with zero attached hydrogens (tertiary/aromatic N) is 3. The Morgan fingerprint density at radius 1 is 1.40 bits per heavy atom. The first-order chi connectivity index (χ1) is 9.29. The van der Waals surface area contributed by atoms with E-state index in [1.54, 1.807) is 24.0 Å². The molecule has 9 nitrogen and oxygen atoms in total. The van der Waals surface area contributed by atoms with E-state index in [0.717, 1.165) is 16.6 Å². The Hall–Kier alpha value is -2.20. The van der Waals surface area contributed by atoms with Crippen LogP contribution in [-0.4, -0.2) is 27.5 Å². The van der Waals surface area contributed by atoms with E-state index in [1.807, 2.05) is 4.98 Å². The molecule has 0 saturated carbocycles. The Balaban J connectivity index is 2.36. The summed E-state index contributed by atoms with van der Waals surface area (Å²) < 4.78 is 25.3. The molecule has 0 radical (unpaired) electrons. The molecular formula is C10H13N5O4S. The summed E-state index contributed by atoms with van der Waals surface area (Å²) in [4.78, 5) is 28.4. The van der Waals surface area contributed by atoms with Crippen molar-refractivity contribution in [1.82, 2.24) is 19.1 Å². The van der Waals surface area contributed by atoms with Crippen molar-refractivity contribution in [3.63, 3.8) is 0 Å². The van der Waals surface area contributed by atoms with Gasteiger partial charge in [-0.05, 0) is 0 Å². The fourth-order valence-electron chi connectivity index (χ4n) is 1.72. The van der Waals surface area contributed by atoms with Gasteiger partial charge >= 0.3 is 5.69 Å². The molecule has 0 bridgehead atoms. The average Bonchev–Trinajstić information content (AvgIpc) is 2.72. The Labute approximate surface area is 113 Å². The van der Waals surface area contributed by atoms with Crippen molar-refractivity contribution in [3.05, 3.63) is 45.3 Å². The van der Waals surface area contributed by atoms with E-state index in [9.17, 15) is 18.0 Å². The lowest BCUT2D eigenvalue weighted by atomic mass is 10.4. The van der Waals surface area contributed by atoms with E-state index < -0.39 is 26.2 Å². The summed E-state index contributed by atoms with van der Waals surface area (Å²) in [7, 11) is -2.38. The summed E-state index contributed by atoms with van der Waals surface area (Å²) in [5, 5.41) is 4.91. The molecule has 0 fully saturated rings. The zero-order chi connectivity index (χ0) is 14.9. The minimum Gasteiger partial charge on any atom is -0.338 e. The van der Waals surface area contributed by atoms with E-state index in [-0.39, 0.29) is 6.54 Å². The molecule has 0 amide bonds. The van der Waals surface area contributed by atoms with Crippen LogP contribution in [-0.2, 0) is 30.0 Å². The van der Waals surface area contributed by atoms with Crippen LogP contribution < -0.4 is 16.4 Å². The third-order valence-corrected chi connectivity index (χ3v) is 3.69. The standard InChI is InChI=1S/C10H13N5O4S/c1-14-5-3-12-8(14)2-4-15-6-7(20(11,18)19)9(16)13-10(15)17/h3,5-6H,2,4H2,1H3,(H2,11,18,19)(H,13,16,17). The first-order valence-corrected chi connectivity index (χ1v) is 7.16. The van der Waals surface area contributed by atoms with Crippen molar-refractivity contribution >= 4 is 10.0 Å². The lowest BCUT2D eigenvalue weighted by Crippen LogP contribution is -2.35. The molecule has 10 heteroatoms. The fourth-order valence-corrected chi connectivity index (χ4v) is 2.30. The van der Waals surface area contributed by atoms with Crippen LogP contribution in [0.3, 0.4) is 0 Å². The molecule has 0 aliphatic carbocycles. The number of nitrogens with two attached hydrogens (primary N) is 1. The van der Waals surface area contributed by atoms with Gasteiger partial charge in [-0.2, -0.15) is 0 Å². The molecule has 2 heterocycles. The molecule has 0 aliphatic rings. The Morgan fingerprint density at radius 2 is 2.10 bits per heavy atom. The first kappa shape index (κ1) is 14.2. The molecule has 20 heavy (non-hydrogen) atoms. The van der Waals surface area contributed by atoms with Crippen LogP contribution in [0, 0.1) is 0 Å². The highest BCUT2D eigenvalue weighted by molar-refractivity contribution is 7.89. The largest absolute Gasteiger partial charge is 0.338 e. The van der Waals surface area contributed by atoms with Crippen LogP contribution in [0.4, 0.5) is 0 Å². The third-order valence-electron chi connectivity index (χ3n) is 2.78. The molecular weight excluding hydrogens is 286 g/mol. The van der Waals surface area contributed by atoms with Crippen molar-refractivity contribution in [1.29, 1.82) is 0 Å². The Kier molecular flexibility index (Phi) is 3.59. The minimum absolute atomic E-state index is 0.170. The highest BCUT2D eigenvalue weighted by Gasteiger charge is 2.15. The molecule has 0 saturated heterocycles. The van der Waals surface area contributed by atoms with Gasteiger partial charge in [-0.15, -0.1) is 0 Å². The van der Waals surface area contributed by atoms with Gasteiger partial charge in [0.15, 0.2) is 4.90 Å². The van der Waals surface area contributed by atoms with Gasteiger partial charge in [-0.25, -0.2) is 23.3 Å². The van der Waals surface area contributed by atoms with E-state index in [4.69, 9.17) is 5.14 Å². The van der Waals surface area contributed by atoms with Gasteiger partial charge in [0.1, 0.15) is 5.82 Å². The number of sulfonamides is 1. The number of rotatable bonds is 4. The van der Waals surface area contributed by atoms with Crippen LogP contribution in [0.25, 0.3) is 0 Å².